The lowest BCUT2D eigenvalue weighted by Gasteiger charge is -2.01. The SMILES string of the molecule is CCCCc1ccc(-c2cc(-c3ccc(C(=O)O)cc3)on2)cc1. The van der Waals surface area contributed by atoms with Crippen LogP contribution in [0.2, 0.25) is 0 Å². The molecule has 0 aliphatic heterocycles. The van der Waals surface area contributed by atoms with Gasteiger partial charge in [0.2, 0.25) is 0 Å². The minimum atomic E-state index is -0.942. The van der Waals surface area contributed by atoms with Gasteiger partial charge in [-0.2, -0.15) is 0 Å². The van der Waals surface area contributed by atoms with Crippen molar-refractivity contribution in [3.63, 3.8) is 0 Å². The third-order valence-electron chi connectivity index (χ3n) is 4.00. The largest absolute Gasteiger partial charge is 0.478 e. The van der Waals surface area contributed by atoms with Gasteiger partial charge in [-0.05, 0) is 30.5 Å². The van der Waals surface area contributed by atoms with Crippen molar-refractivity contribution in [3.05, 3.63) is 65.7 Å². The number of aromatic carboxylic acids is 1. The number of nitrogens with zero attached hydrogens (tertiary/aromatic N) is 1. The zero-order valence-electron chi connectivity index (χ0n) is 13.5. The number of carboxylic acids is 1. The highest BCUT2D eigenvalue weighted by molar-refractivity contribution is 5.88. The van der Waals surface area contributed by atoms with Gasteiger partial charge in [-0.1, -0.05) is 54.9 Å². The monoisotopic (exact) mass is 321 g/mol. The number of aromatic nitrogens is 1. The van der Waals surface area contributed by atoms with Crippen LogP contribution in [-0.2, 0) is 6.42 Å². The molecule has 122 valence electrons. The second-order valence-corrected chi connectivity index (χ2v) is 5.76. The summed E-state index contributed by atoms with van der Waals surface area (Å²) >= 11 is 0. The standard InChI is InChI=1S/C20H19NO3/c1-2-3-4-14-5-7-15(8-6-14)18-13-19(24-21-18)16-9-11-17(12-10-16)20(22)23/h5-13H,2-4H2,1H3,(H,22,23). The lowest BCUT2D eigenvalue weighted by molar-refractivity contribution is 0.0697. The number of aryl methyl sites for hydroxylation is 1. The summed E-state index contributed by atoms with van der Waals surface area (Å²) in [7, 11) is 0. The average molecular weight is 321 g/mol. The van der Waals surface area contributed by atoms with Crippen LogP contribution in [0.25, 0.3) is 22.6 Å². The van der Waals surface area contributed by atoms with Crippen LogP contribution < -0.4 is 0 Å². The summed E-state index contributed by atoms with van der Waals surface area (Å²) in [5.41, 5.74) is 4.16. The molecule has 1 heterocycles. The number of hydrogen-bond donors (Lipinski definition) is 1. The Morgan fingerprint density at radius 3 is 2.33 bits per heavy atom. The van der Waals surface area contributed by atoms with E-state index in [9.17, 15) is 4.79 Å². The second-order valence-electron chi connectivity index (χ2n) is 5.76. The third-order valence-corrected chi connectivity index (χ3v) is 4.00. The highest BCUT2D eigenvalue weighted by atomic mass is 16.5. The summed E-state index contributed by atoms with van der Waals surface area (Å²) in [6, 6.07) is 16.8. The fraction of sp³-hybridized carbons (Fsp3) is 0.200. The first-order valence-electron chi connectivity index (χ1n) is 8.07. The first-order chi connectivity index (χ1) is 11.7. The molecule has 0 radical (unpaired) electrons. The molecule has 3 rings (SSSR count). The fourth-order valence-corrected chi connectivity index (χ4v) is 2.55. The molecule has 1 N–H and O–H groups in total. The maximum Gasteiger partial charge on any atom is 0.335 e. The molecule has 4 heteroatoms. The molecule has 1 aromatic heterocycles. The molecule has 3 aromatic rings. The first-order valence-corrected chi connectivity index (χ1v) is 8.07. The molecule has 0 aliphatic carbocycles. The Morgan fingerprint density at radius 2 is 1.71 bits per heavy atom. The van der Waals surface area contributed by atoms with E-state index in [0.29, 0.717) is 5.76 Å². The maximum absolute atomic E-state index is 10.9. The smallest absolute Gasteiger partial charge is 0.335 e. The molecule has 0 spiro atoms. The highest BCUT2D eigenvalue weighted by Gasteiger charge is 2.10. The van der Waals surface area contributed by atoms with Crippen molar-refractivity contribution in [2.45, 2.75) is 26.2 Å². The number of benzene rings is 2. The van der Waals surface area contributed by atoms with E-state index in [0.717, 1.165) is 23.2 Å². The van der Waals surface area contributed by atoms with E-state index >= 15 is 0 Å². The number of rotatable bonds is 6. The van der Waals surface area contributed by atoms with Crippen LogP contribution in [-0.4, -0.2) is 16.2 Å². The van der Waals surface area contributed by atoms with Crippen molar-refractivity contribution >= 4 is 5.97 Å². The van der Waals surface area contributed by atoms with Crippen molar-refractivity contribution in [2.75, 3.05) is 0 Å². The maximum atomic E-state index is 10.9. The van der Waals surface area contributed by atoms with E-state index < -0.39 is 5.97 Å². The van der Waals surface area contributed by atoms with Crippen LogP contribution in [0.5, 0.6) is 0 Å². The predicted molar refractivity (Wildman–Crippen MR) is 92.9 cm³/mol. The highest BCUT2D eigenvalue weighted by Crippen LogP contribution is 2.26. The Morgan fingerprint density at radius 1 is 1.04 bits per heavy atom. The lowest BCUT2D eigenvalue weighted by Crippen LogP contribution is -1.94. The zero-order chi connectivity index (χ0) is 16.9. The molecule has 0 saturated heterocycles. The molecule has 24 heavy (non-hydrogen) atoms. The number of carbonyl (C=O) groups is 1. The van der Waals surface area contributed by atoms with E-state index in [1.54, 1.807) is 24.3 Å². The van der Waals surface area contributed by atoms with Gasteiger partial charge in [-0.15, -0.1) is 0 Å². The molecular weight excluding hydrogens is 302 g/mol. The van der Waals surface area contributed by atoms with Gasteiger partial charge >= 0.3 is 5.97 Å². The summed E-state index contributed by atoms with van der Waals surface area (Å²) in [4.78, 5) is 10.9. The van der Waals surface area contributed by atoms with Gasteiger partial charge in [0.1, 0.15) is 5.69 Å². The van der Waals surface area contributed by atoms with Gasteiger partial charge in [0.05, 0.1) is 5.56 Å². The van der Waals surface area contributed by atoms with E-state index in [4.69, 9.17) is 9.63 Å². The Balaban J connectivity index is 1.78. The minimum Gasteiger partial charge on any atom is -0.478 e. The van der Waals surface area contributed by atoms with Gasteiger partial charge in [-0.3, -0.25) is 0 Å². The van der Waals surface area contributed by atoms with Crippen molar-refractivity contribution in [2.24, 2.45) is 0 Å². The van der Waals surface area contributed by atoms with Crippen molar-refractivity contribution in [3.8, 4) is 22.6 Å². The third kappa shape index (κ3) is 3.54. The molecule has 0 saturated carbocycles. The minimum absolute atomic E-state index is 0.251. The molecular formula is C20H19NO3. The summed E-state index contributed by atoms with van der Waals surface area (Å²) in [6.45, 7) is 2.19. The van der Waals surface area contributed by atoms with Gasteiger partial charge in [0.25, 0.3) is 0 Å². The van der Waals surface area contributed by atoms with Gasteiger partial charge in [0, 0.05) is 17.2 Å². The topological polar surface area (TPSA) is 63.3 Å². The van der Waals surface area contributed by atoms with Gasteiger partial charge in [-0.25, -0.2) is 4.79 Å². The summed E-state index contributed by atoms with van der Waals surface area (Å²) in [5.74, 6) is -0.319. The second kappa shape index (κ2) is 7.13. The molecule has 0 fully saturated rings. The van der Waals surface area contributed by atoms with Gasteiger partial charge < -0.3 is 9.63 Å². The molecule has 0 unspecified atom stereocenters. The van der Waals surface area contributed by atoms with Crippen molar-refractivity contribution < 1.29 is 14.4 Å². The van der Waals surface area contributed by atoms with Crippen LogP contribution in [0.1, 0.15) is 35.7 Å². The summed E-state index contributed by atoms with van der Waals surface area (Å²) in [6.07, 6.45) is 3.48. The van der Waals surface area contributed by atoms with Crippen molar-refractivity contribution in [1.29, 1.82) is 0 Å². The average Bonchev–Trinajstić information content (AvgIpc) is 3.10. The van der Waals surface area contributed by atoms with Crippen LogP contribution in [0, 0.1) is 0 Å². The molecule has 0 bridgehead atoms. The molecule has 0 aliphatic rings. The summed E-state index contributed by atoms with van der Waals surface area (Å²) < 4.78 is 5.40. The van der Waals surface area contributed by atoms with Crippen molar-refractivity contribution in [1.82, 2.24) is 5.16 Å². The Kier molecular flexibility index (Phi) is 4.75. The Labute approximate surface area is 140 Å². The van der Waals surface area contributed by atoms with E-state index in [-0.39, 0.29) is 5.56 Å². The Bertz CT molecular complexity index is 817. The van der Waals surface area contributed by atoms with Crippen LogP contribution >= 0.6 is 0 Å². The normalized spacial score (nSPS) is 10.7. The summed E-state index contributed by atoms with van der Waals surface area (Å²) in [5, 5.41) is 13.1. The molecule has 2 aromatic carbocycles. The first kappa shape index (κ1) is 16.0. The van der Waals surface area contributed by atoms with E-state index in [2.05, 4.69) is 36.3 Å². The number of hydrogen-bond acceptors (Lipinski definition) is 3. The van der Waals surface area contributed by atoms with E-state index in [1.807, 2.05) is 6.07 Å². The quantitative estimate of drug-likeness (QED) is 0.690. The van der Waals surface area contributed by atoms with E-state index in [1.165, 1.54) is 18.4 Å². The number of carboxylic acid groups (broad SMARTS) is 1. The Hall–Kier alpha value is -2.88. The van der Waals surface area contributed by atoms with Gasteiger partial charge in [0.15, 0.2) is 5.76 Å². The molecule has 4 nitrogen and oxygen atoms in total. The number of unbranched alkanes of at least 4 members (excludes halogenated alkanes) is 1. The molecule has 0 amide bonds. The van der Waals surface area contributed by atoms with Crippen LogP contribution in [0.3, 0.4) is 0 Å². The predicted octanol–water partition coefficient (Wildman–Crippen LogP) is 5.05. The lowest BCUT2D eigenvalue weighted by atomic mass is 10.0. The zero-order valence-corrected chi connectivity index (χ0v) is 13.5. The molecule has 0 atom stereocenters. The van der Waals surface area contributed by atoms with Crippen LogP contribution in [0.15, 0.2) is 59.1 Å². The fourth-order valence-electron chi connectivity index (χ4n) is 2.55. The van der Waals surface area contributed by atoms with Crippen LogP contribution in [0.4, 0.5) is 0 Å².